The number of hydrogen-bond donors (Lipinski definition) is 2. The molecule has 2 fully saturated rings. The fraction of sp³-hybridized carbons (Fsp3) is 0.909. The highest BCUT2D eigenvalue weighted by Crippen LogP contribution is 2.17. The highest BCUT2D eigenvalue weighted by molar-refractivity contribution is 5.86. The number of rotatable bonds is 2. The second-order valence-corrected chi connectivity index (χ2v) is 5.01. The van der Waals surface area contributed by atoms with Crippen LogP contribution in [-0.2, 0) is 9.53 Å². The minimum absolute atomic E-state index is 0.0421. The number of amides is 1. The van der Waals surface area contributed by atoms with Gasteiger partial charge in [0.1, 0.15) is 5.54 Å². The first-order valence-corrected chi connectivity index (χ1v) is 5.96. The monoisotopic (exact) mass is 227 g/mol. The van der Waals surface area contributed by atoms with Gasteiger partial charge < -0.3 is 20.7 Å². The number of likely N-dealkylation sites (tertiary alicyclic amines) is 1. The first kappa shape index (κ1) is 11.8. The van der Waals surface area contributed by atoms with Gasteiger partial charge in [-0.3, -0.25) is 4.79 Å². The summed E-state index contributed by atoms with van der Waals surface area (Å²) in [5.74, 6) is -0.0421. The lowest BCUT2D eigenvalue weighted by atomic mass is 9.97. The predicted molar refractivity (Wildman–Crippen MR) is 61.0 cm³/mol. The number of nitrogens with one attached hydrogen (secondary N) is 1. The fourth-order valence-electron chi connectivity index (χ4n) is 2.24. The molecule has 5 heteroatoms. The van der Waals surface area contributed by atoms with Gasteiger partial charge in [-0.1, -0.05) is 0 Å². The number of piperidine rings is 1. The lowest BCUT2D eigenvalue weighted by Gasteiger charge is -2.31. The molecule has 92 valence electrons. The van der Waals surface area contributed by atoms with E-state index >= 15 is 0 Å². The zero-order chi connectivity index (χ0) is 11.6. The van der Waals surface area contributed by atoms with E-state index in [1.165, 1.54) is 0 Å². The summed E-state index contributed by atoms with van der Waals surface area (Å²) in [4.78, 5) is 14.3. The molecule has 0 saturated carbocycles. The van der Waals surface area contributed by atoms with Crippen molar-refractivity contribution in [3.63, 3.8) is 0 Å². The van der Waals surface area contributed by atoms with Crippen LogP contribution in [0.4, 0.5) is 0 Å². The molecule has 0 aromatic heterocycles. The second kappa shape index (κ2) is 4.69. The largest absolute Gasteiger partial charge is 0.379 e. The zero-order valence-corrected chi connectivity index (χ0v) is 9.87. The van der Waals surface area contributed by atoms with Gasteiger partial charge >= 0.3 is 0 Å². The van der Waals surface area contributed by atoms with Crippen LogP contribution < -0.4 is 11.1 Å². The molecule has 2 aliphatic rings. The molecular formula is C11H21N3O2. The van der Waals surface area contributed by atoms with Crippen molar-refractivity contribution in [1.82, 2.24) is 10.2 Å². The van der Waals surface area contributed by atoms with Gasteiger partial charge in [0.05, 0.1) is 6.61 Å². The van der Waals surface area contributed by atoms with E-state index in [1.807, 2.05) is 0 Å². The smallest absolute Gasteiger partial charge is 0.242 e. The van der Waals surface area contributed by atoms with Crippen molar-refractivity contribution in [2.24, 2.45) is 5.73 Å². The molecule has 2 saturated heterocycles. The van der Waals surface area contributed by atoms with Crippen LogP contribution in [0.3, 0.4) is 0 Å². The number of hydrogen-bond acceptors (Lipinski definition) is 4. The van der Waals surface area contributed by atoms with Gasteiger partial charge in [0.2, 0.25) is 5.91 Å². The molecule has 0 aromatic carbocycles. The van der Waals surface area contributed by atoms with Crippen molar-refractivity contribution in [2.45, 2.75) is 30.8 Å². The normalized spacial score (nSPS) is 32.9. The lowest BCUT2D eigenvalue weighted by Crippen LogP contribution is -2.57. The zero-order valence-electron chi connectivity index (χ0n) is 9.87. The average molecular weight is 227 g/mol. The van der Waals surface area contributed by atoms with Crippen LogP contribution in [0.15, 0.2) is 0 Å². The summed E-state index contributed by atoms with van der Waals surface area (Å²) in [6, 6.07) is 0.282. The molecule has 1 unspecified atom stereocenters. The molecule has 1 amide bonds. The van der Waals surface area contributed by atoms with E-state index in [2.05, 4.69) is 17.3 Å². The van der Waals surface area contributed by atoms with Crippen LogP contribution >= 0.6 is 0 Å². The molecule has 16 heavy (non-hydrogen) atoms. The standard InChI is InChI=1S/C11H21N3O2/c1-14-5-2-9(3-6-14)13-10(15)11(12)4-7-16-8-11/h9H,2-8,12H2,1H3,(H,13,15). The number of nitrogens with two attached hydrogens (primary N) is 1. The molecule has 1 atom stereocenters. The van der Waals surface area contributed by atoms with E-state index in [1.54, 1.807) is 0 Å². The van der Waals surface area contributed by atoms with Crippen LogP contribution in [0.2, 0.25) is 0 Å². The molecule has 0 aliphatic carbocycles. The molecule has 5 nitrogen and oxygen atoms in total. The summed E-state index contributed by atoms with van der Waals surface area (Å²) in [5.41, 5.74) is 5.21. The van der Waals surface area contributed by atoms with E-state index in [0.29, 0.717) is 19.6 Å². The number of nitrogens with zero attached hydrogens (tertiary/aromatic N) is 1. The molecule has 0 radical (unpaired) electrons. The summed E-state index contributed by atoms with van der Waals surface area (Å²) in [7, 11) is 2.10. The molecule has 2 aliphatic heterocycles. The molecule has 0 spiro atoms. The Labute approximate surface area is 96.3 Å². The summed E-state index contributed by atoms with van der Waals surface area (Å²) < 4.78 is 5.19. The van der Waals surface area contributed by atoms with Gasteiger partial charge in [0.25, 0.3) is 0 Å². The minimum atomic E-state index is -0.788. The SMILES string of the molecule is CN1CCC(NC(=O)C2(N)CCOC2)CC1. The number of ether oxygens (including phenoxy) is 1. The lowest BCUT2D eigenvalue weighted by molar-refractivity contribution is -0.127. The van der Waals surface area contributed by atoms with Crippen molar-refractivity contribution >= 4 is 5.91 Å². The van der Waals surface area contributed by atoms with E-state index in [0.717, 1.165) is 25.9 Å². The van der Waals surface area contributed by atoms with Gasteiger partial charge in [0, 0.05) is 12.6 Å². The van der Waals surface area contributed by atoms with Gasteiger partial charge in [-0.25, -0.2) is 0 Å². The van der Waals surface area contributed by atoms with E-state index in [-0.39, 0.29) is 11.9 Å². The average Bonchev–Trinajstić information content (AvgIpc) is 2.70. The van der Waals surface area contributed by atoms with Crippen molar-refractivity contribution in [2.75, 3.05) is 33.4 Å². The van der Waals surface area contributed by atoms with Crippen molar-refractivity contribution in [1.29, 1.82) is 0 Å². The Morgan fingerprint density at radius 3 is 2.75 bits per heavy atom. The van der Waals surface area contributed by atoms with E-state index in [4.69, 9.17) is 10.5 Å². The maximum Gasteiger partial charge on any atom is 0.242 e. The van der Waals surface area contributed by atoms with Crippen molar-refractivity contribution in [3.05, 3.63) is 0 Å². The molecule has 0 bridgehead atoms. The third-order valence-corrected chi connectivity index (χ3v) is 3.56. The third-order valence-electron chi connectivity index (χ3n) is 3.56. The fourth-order valence-corrected chi connectivity index (χ4v) is 2.24. The molecular weight excluding hydrogens is 206 g/mol. The van der Waals surface area contributed by atoms with Gasteiger partial charge in [-0.2, -0.15) is 0 Å². The van der Waals surface area contributed by atoms with E-state index in [9.17, 15) is 4.79 Å². The second-order valence-electron chi connectivity index (χ2n) is 5.01. The maximum absolute atomic E-state index is 12.0. The van der Waals surface area contributed by atoms with E-state index < -0.39 is 5.54 Å². The Morgan fingerprint density at radius 2 is 2.19 bits per heavy atom. The Kier molecular flexibility index (Phi) is 3.47. The van der Waals surface area contributed by atoms with Crippen LogP contribution in [0.5, 0.6) is 0 Å². The Balaban J connectivity index is 1.83. The number of carbonyl (C=O) groups excluding carboxylic acids is 1. The van der Waals surface area contributed by atoms with Crippen LogP contribution in [-0.4, -0.2) is 55.7 Å². The first-order valence-electron chi connectivity index (χ1n) is 5.96. The quantitative estimate of drug-likeness (QED) is 0.655. The third kappa shape index (κ3) is 2.53. The summed E-state index contributed by atoms with van der Waals surface area (Å²) in [5, 5.41) is 3.05. The van der Waals surface area contributed by atoms with Gasteiger partial charge in [0.15, 0.2) is 0 Å². The van der Waals surface area contributed by atoms with Crippen molar-refractivity contribution in [3.8, 4) is 0 Å². The Morgan fingerprint density at radius 1 is 1.50 bits per heavy atom. The maximum atomic E-state index is 12.0. The Hall–Kier alpha value is -0.650. The van der Waals surface area contributed by atoms with Crippen LogP contribution in [0.1, 0.15) is 19.3 Å². The molecule has 2 heterocycles. The first-order chi connectivity index (χ1) is 7.60. The van der Waals surface area contributed by atoms with Gasteiger partial charge in [-0.05, 0) is 39.4 Å². The van der Waals surface area contributed by atoms with Crippen LogP contribution in [0.25, 0.3) is 0 Å². The summed E-state index contributed by atoms with van der Waals surface area (Å²) in [6.07, 6.45) is 2.66. The van der Waals surface area contributed by atoms with Crippen molar-refractivity contribution < 1.29 is 9.53 Å². The summed E-state index contributed by atoms with van der Waals surface area (Å²) in [6.45, 7) is 3.03. The topological polar surface area (TPSA) is 67.6 Å². The number of carbonyl (C=O) groups is 1. The summed E-state index contributed by atoms with van der Waals surface area (Å²) >= 11 is 0. The molecule has 2 rings (SSSR count). The Bertz CT molecular complexity index is 256. The highest BCUT2D eigenvalue weighted by atomic mass is 16.5. The highest BCUT2D eigenvalue weighted by Gasteiger charge is 2.39. The van der Waals surface area contributed by atoms with Gasteiger partial charge in [-0.15, -0.1) is 0 Å². The van der Waals surface area contributed by atoms with Crippen LogP contribution in [0, 0.1) is 0 Å². The predicted octanol–water partition coefficient (Wildman–Crippen LogP) is -0.685. The molecule has 0 aromatic rings. The minimum Gasteiger partial charge on any atom is -0.379 e. The molecule has 3 N–H and O–H groups in total.